The molecule has 0 fully saturated rings. The van der Waals surface area contributed by atoms with Crippen LogP contribution in [0.2, 0.25) is 0 Å². The molecule has 2 nitrogen and oxygen atoms in total. The first-order valence-corrected chi connectivity index (χ1v) is 16.2. The summed E-state index contributed by atoms with van der Waals surface area (Å²) < 4.78 is 0. The highest BCUT2D eigenvalue weighted by atomic mass is 15.2. The Kier molecular flexibility index (Phi) is 9.59. The number of nitrogens with zero attached hydrogens (tertiary/aromatic N) is 2. The van der Waals surface area contributed by atoms with Gasteiger partial charge in [-0.15, -0.1) is 0 Å². The molecule has 5 aromatic rings. The van der Waals surface area contributed by atoms with E-state index in [-0.39, 0.29) is 0 Å². The van der Waals surface area contributed by atoms with Crippen LogP contribution >= 0.6 is 0 Å². The van der Waals surface area contributed by atoms with Gasteiger partial charge in [0.05, 0.1) is 0 Å². The molecule has 0 aliphatic rings. The van der Waals surface area contributed by atoms with Gasteiger partial charge in [-0.2, -0.15) is 0 Å². The molecule has 0 aliphatic carbocycles. The van der Waals surface area contributed by atoms with Crippen LogP contribution in [0.3, 0.4) is 0 Å². The Labute approximate surface area is 266 Å². The molecule has 0 bridgehead atoms. The Morgan fingerprint density at radius 1 is 0.295 bits per heavy atom. The lowest BCUT2D eigenvalue weighted by Crippen LogP contribution is -2.13. The van der Waals surface area contributed by atoms with Crippen LogP contribution < -0.4 is 9.80 Å². The lowest BCUT2D eigenvalue weighted by atomic mass is 10.0. The average molecular weight is 581 g/mol. The van der Waals surface area contributed by atoms with Gasteiger partial charge in [-0.3, -0.25) is 0 Å². The van der Waals surface area contributed by atoms with Gasteiger partial charge in [0.15, 0.2) is 0 Å². The Morgan fingerprint density at radius 2 is 0.523 bits per heavy atom. The fourth-order valence-corrected chi connectivity index (χ4v) is 5.70. The number of rotatable bonds is 10. The van der Waals surface area contributed by atoms with Crippen LogP contribution in [0.25, 0.3) is 0 Å². The number of hydrogen-bond donors (Lipinski definition) is 0. The lowest BCUT2D eigenvalue weighted by molar-refractivity contribution is 0.866. The van der Waals surface area contributed by atoms with Crippen molar-refractivity contribution in [2.75, 3.05) is 9.80 Å². The molecular formula is C42H48N2. The second kappa shape index (κ2) is 13.6. The summed E-state index contributed by atoms with van der Waals surface area (Å²) in [6.07, 6.45) is 0. The molecule has 0 atom stereocenters. The molecule has 0 amide bonds. The van der Waals surface area contributed by atoms with Crippen LogP contribution in [-0.4, -0.2) is 0 Å². The van der Waals surface area contributed by atoms with Gasteiger partial charge in [0.2, 0.25) is 0 Å². The fourth-order valence-electron chi connectivity index (χ4n) is 5.70. The fraction of sp³-hybridized carbons (Fsp3) is 0.286. The normalized spacial score (nSPS) is 11.5. The van der Waals surface area contributed by atoms with Crippen molar-refractivity contribution in [2.45, 2.75) is 79.1 Å². The molecule has 0 N–H and O–H groups in total. The first kappa shape index (κ1) is 31.1. The highest BCUT2D eigenvalue weighted by molar-refractivity contribution is 5.83. The van der Waals surface area contributed by atoms with Gasteiger partial charge >= 0.3 is 0 Å². The standard InChI is InChI=1S/C42H48N2/c1-29(2)33-12-20-37(21-13-33)43(38-22-14-34(15-23-38)30(3)4)41-10-9-11-42(28-41)44(39-24-16-35(17-25-39)31(5)6)40-26-18-36(19-27-40)32(7)8/h9-32H,1-8H3. The van der Waals surface area contributed by atoms with Crippen molar-refractivity contribution >= 4 is 34.1 Å². The number of hydrogen-bond acceptors (Lipinski definition) is 2. The summed E-state index contributed by atoms with van der Waals surface area (Å²) in [7, 11) is 0. The third-order valence-corrected chi connectivity index (χ3v) is 8.62. The zero-order chi connectivity index (χ0) is 31.4. The van der Waals surface area contributed by atoms with Crippen molar-refractivity contribution in [1.82, 2.24) is 0 Å². The second-order valence-corrected chi connectivity index (χ2v) is 13.2. The molecule has 0 heterocycles. The Bertz CT molecular complexity index is 1400. The van der Waals surface area contributed by atoms with E-state index in [2.05, 4.69) is 187 Å². The van der Waals surface area contributed by atoms with Crippen LogP contribution in [0.1, 0.15) is 101 Å². The Balaban J connectivity index is 1.64. The lowest BCUT2D eigenvalue weighted by Gasteiger charge is -2.30. The van der Waals surface area contributed by atoms with E-state index in [1.165, 1.54) is 22.3 Å². The van der Waals surface area contributed by atoms with E-state index in [1.54, 1.807) is 0 Å². The predicted molar refractivity (Wildman–Crippen MR) is 192 cm³/mol. The molecular weight excluding hydrogens is 532 g/mol. The van der Waals surface area contributed by atoms with E-state index in [4.69, 9.17) is 0 Å². The van der Waals surface area contributed by atoms with Gasteiger partial charge < -0.3 is 9.80 Å². The monoisotopic (exact) mass is 580 g/mol. The van der Waals surface area contributed by atoms with Crippen molar-refractivity contribution in [3.63, 3.8) is 0 Å². The minimum Gasteiger partial charge on any atom is -0.310 e. The topological polar surface area (TPSA) is 6.48 Å². The maximum Gasteiger partial charge on any atom is 0.0482 e. The quantitative estimate of drug-likeness (QED) is 0.162. The van der Waals surface area contributed by atoms with E-state index in [0.717, 1.165) is 34.1 Å². The number of benzene rings is 5. The summed E-state index contributed by atoms with van der Waals surface area (Å²) in [5, 5.41) is 0. The molecule has 5 rings (SSSR count). The summed E-state index contributed by atoms with van der Waals surface area (Å²) in [5.74, 6) is 1.96. The van der Waals surface area contributed by atoms with Crippen molar-refractivity contribution in [1.29, 1.82) is 0 Å². The van der Waals surface area contributed by atoms with E-state index >= 15 is 0 Å². The highest BCUT2D eigenvalue weighted by Gasteiger charge is 2.18. The number of anilines is 6. The first-order chi connectivity index (χ1) is 21.1. The SMILES string of the molecule is CC(C)c1ccc(N(c2ccc(C(C)C)cc2)c2cccc(N(c3ccc(C(C)C)cc3)c3ccc(C(C)C)cc3)c2)cc1. The average Bonchev–Trinajstić information content (AvgIpc) is 3.02. The Morgan fingerprint density at radius 3 is 0.727 bits per heavy atom. The summed E-state index contributed by atoms with van der Waals surface area (Å²) in [6, 6.07) is 45.1. The zero-order valence-electron chi connectivity index (χ0n) is 27.8. The molecule has 5 aromatic carbocycles. The van der Waals surface area contributed by atoms with Crippen molar-refractivity contribution in [2.24, 2.45) is 0 Å². The van der Waals surface area contributed by atoms with Gasteiger partial charge in [-0.25, -0.2) is 0 Å². The Hall–Kier alpha value is -4.30. The van der Waals surface area contributed by atoms with Gasteiger partial charge in [-0.1, -0.05) is 110 Å². The molecule has 0 spiro atoms. The molecule has 0 saturated carbocycles. The maximum absolute atomic E-state index is 2.37. The maximum atomic E-state index is 2.37. The smallest absolute Gasteiger partial charge is 0.0482 e. The molecule has 0 aromatic heterocycles. The summed E-state index contributed by atoms with van der Waals surface area (Å²) in [6.45, 7) is 18.0. The van der Waals surface area contributed by atoms with Gasteiger partial charge in [0.25, 0.3) is 0 Å². The third kappa shape index (κ3) is 6.91. The van der Waals surface area contributed by atoms with Gasteiger partial charge in [0.1, 0.15) is 0 Å². The molecule has 0 aliphatic heterocycles. The molecule has 226 valence electrons. The van der Waals surface area contributed by atoms with Gasteiger partial charge in [-0.05, 0) is 113 Å². The molecule has 0 saturated heterocycles. The summed E-state index contributed by atoms with van der Waals surface area (Å²) in [4.78, 5) is 4.75. The van der Waals surface area contributed by atoms with Crippen LogP contribution in [0, 0.1) is 0 Å². The molecule has 2 heteroatoms. The van der Waals surface area contributed by atoms with Crippen molar-refractivity contribution in [3.05, 3.63) is 144 Å². The molecule has 44 heavy (non-hydrogen) atoms. The van der Waals surface area contributed by atoms with Crippen LogP contribution in [0.5, 0.6) is 0 Å². The van der Waals surface area contributed by atoms with Crippen LogP contribution in [0.15, 0.2) is 121 Å². The summed E-state index contributed by atoms with van der Waals surface area (Å²) >= 11 is 0. The minimum atomic E-state index is 0.490. The highest BCUT2D eigenvalue weighted by Crippen LogP contribution is 2.41. The molecule has 0 unspecified atom stereocenters. The van der Waals surface area contributed by atoms with Gasteiger partial charge in [0, 0.05) is 34.1 Å². The molecule has 0 radical (unpaired) electrons. The second-order valence-electron chi connectivity index (χ2n) is 13.2. The minimum absolute atomic E-state index is 0.490. The van der Waals surface area contributed by atoms with Crippen LogP contribution in [-0.2, 0) is 0 Å². The van der Waals surface area contributed by atoms with Crippen molar-refractivity contribution in [3.8, 4) is 0 Å². The van der Waals surface area contributed by atoms with E-state index in [1.807, 2.05) is 0 Å². The summed E-state index contributed by atoms with van der Waals surface area (Å²) in [5.41, 5.74) is 12.2. The first-order valence-electron chi connectivity index (χ1n) is 16.2. The van der Waals surface area contributed by atoms with Crippen LogP contribution in [0.4, 0.5) is 34.1 Å². The van der Waals surface area contributed by atoms with E-state index < -0.39 is 0 Å². The van der Waals surface area contributed by atoms with E-state index in [9.17, 15) is 0 Å². The zero-order valence-corrected chi connectivity index (χ0v) is 27.8. The largest absolute Gasteiger partial charge is 0.310 e. The third-order valence-electron chi connectivity index (χ3n) is 8.62. The van der Waals surface area contributed by atoms with E-state index in [0.29, 0.717) is 23.7 Å². The predicted octanol–water partition coefficient (Wildman–Crippen LogP) is 13.1. The van der Waals surface area contributed by atoms with Crippen molar-refractivity contribution < 1.29 is 0 Å².